The summed E-state index contributed by atoms with van der Waals surface area (Å²) in [5.74, 6) is 0.515. The molecule has 0 fully saturated rings. The summed E-state index contributed by atoms with van der Waals surface area (Å²) >= 11 is 0. The molecule has 0 bridgehead atoms. The minimum Gasteiger partial charge on any atom is -0.469 e. The molecular formula is C13H13NO2. The Hall–Kier alpha value is -2.03. The Kier molecular flexibility index (Phi) is 2.77. The van der Waals surface area contributed by atoms with Crippen LogP contribution in [-0.4, -0.2) is 5.91 Å². The number of hydrogen-bond acceptors (Lipinski definition) is 2. The maximum atomic E-state index is 11.9. The van der Waals surface area contributed by atoms with Crippen molar-refractivity contribution in [2.24, 2.45) is 0 Å². The lowest BCUT2D eigenvalue weighted by atomic mass is 10.1. The van der Waals surface area contributed by atoms with Crippen LogP contribution in [0.25, 0.3) is 0 Å². The first kappa shape index (κ1) is 10.5. The average molecular weight is 215 g/mol. The molecule has 0 saturated carbocycles. The van der Waals surface area contributed by atoms with Gasteiger partial charge in [0.05, 0.1) is 11.8 Å². The lowest BCUT2D eigenvalue weighted by Crippen LogP contribution is -2.13. The molecule has 0 aliphatic rings. The molecule has 2 rings (SSSR count). The van der Waals surface area contributed by atoms with Crippen LogP contribution in [0.5, 0.6) is 0 Å². The number of hydrogen-bond donors (Lipinski definition) is 1. The van der Waals surface area contributed by atoms with E-state index in [4.69, 9.17) is 4.42 Å². The molecule has 1 N–H and O–H groups in total. The number of carbonyl (C=O) groups excluding carboxylic acids is 1. The van der Waals surface area contributed by atoms with Gasteiger partial charge in [-0.25, -0.2) is 0 Å². The molecule has 82 valence electrons. The lowest BCUT2D eigenvalue weighted by molar-refractivity contribution is 0.102. The first-order valence-corrected chi connectivity index (χ1v) is 5.09. The van der Waals surface area contributed by atoms with E-state index >= 15 is 0 Å². The van der Waals surface area contributed by atoms with E-state index in [1.165, 1.54) is 0 Å². The normalized spacial score (nSPS) is 10.1. The minimum atomic E-state index is -0.130. The topological polar surface area (TPSA) is 42.2 Å². The predicted octanol–water partition coefficient (Wildman–Crippen LogP) is 3.15. The number of furan rings is 1. The zero-order valence-electron chi connectivity index (χ0n) is 9.28. The van der Waals surface area contributed by atoms with Gasteiger partial charge in [-0.2, -0.15) is 0 Å². The smallest absolute Gasteiger partial charge is 0.259 e. The number of amides is 1. The van der Waals surface area contributed by atoms with Gasteiger partial charge in [0.15, 0.2) is 0 Å². The van der Waals surface area contributed by atoms with E-state index in [1.54, 1.807) is 13.2 Å². The van der Waals surface area contributed by atoms with Crippen molar-refractivity contribution in [3.05, 3.63) is 53.5 Å². The van der Waals surface area contributed by atoms with E-state index in [-0.39, 0.29) is 5.91 Å². The lowest BCUT2D eigenvalue weighted by Gasteiger charge is -2.04. The van der Waals surface area contributed by atoms with Crippen LogP contribution in [0.1, 0.15) is 21.7 Å². The Labute approximate surface area is 94.1 Å². The fraction of sp³-hybridized carbons (Fsp3) is 0.154. The number of nitrogens with one attached hydrogen (secondary N) is 1. The summed E-state index contributed by atoms with van der Waals surface area (Å²) in [5, 5.41) is 2.83. The second-order valence-electron chi connectivity index (χ2n) is 3.67. The van der Waals surface area contributed by atoms with E-state index < -0.39 is 0 Å². The second kappa shape index (κ2) is 4.23. The molecule has 1 aromatic heterocycles. The van der Waals surface area contributed by atoms with Crippen molar-refractivity contribution in [2.75, 3.05) is 5.32 Å². The van der Waals surface area contributed by atoms with E-state index in [0.717, 1.165) is 11.3 Å². The van der Waals surface area contributed by atoms with Gasteiger partial charge in [-0.3, -0.25) is 4.79 Å². The predicted molar refractivity (Wildman–Crippen MR) is 62.6 cm³/mol. The Morgan fingerprint density at radius 3 is 2.44 bits per heavy atom. The monoisotopic (exact) mass is 215 g/mol. The van der Waals surface area contributed by atoms with E-state index in [0.29, 0.717) is 11.3 Å². The molecule has 1 aromatic carbocycles. The molecule has 1 heterocycles. The van der Waals surface area contributed by atoms with Gasteiger partial charge in [-0.05, 0) is 26.0 Å². The van der Waals surface area contributed by atoms with Gasteiger partial charge in [0.2, 0.25) is 0 Å². The molecule has 0 radical (unpaired) electrons. The van der Waals surface area contributed by atoms with Crippen LogP contribution in [0.3, 0.4) is 0 Å². The third-order valence-corrected chi connectivity index (χ3v) is 2.42. The molecule has 0 aliphatic carbocycles. The van der Waals surface area contributed by atoms with Gasteiger partial charge in [0.25, 0.3) is 5.91 Å². The molecule has 3 heteroatoms. The molecule has 0 atom stereocenters. The van der Waals surface area contributed by atoms with Gasteiger partial charge in [0.1, 0.15) is 5.76 Å². The Bertz CT molecular complexity index is 480. The zero-order chi connectivity index (χ0) is 11.5. The van der Waals surface area contributed by atoms with Crippen molar-refractivity contribution in [1.82, 2.24) is 0 Å². The van der Waals surface area contributed by atoms with E-state index in [2.05, 4.69) is 5.32 Å². The molecule has 2 aromatic rings. The van der Waals surface area contributed by atoms with E-state index in [1.807, 2.05) is 37.3 Å². The van der Waals surface area contributed by atoms with Gasteiger partial charge in [0, 0.05) is 11.3 Å². The molecule has 0 aliphatic heterocycles. The van der Waals surface area contributed by atoms with Crippen LogP contribution in [-0.2, 0) is 0 Å². The molecular weight excluding hydrogens is 202 g/mol. The van der Waals surface area contributed by atoms with Crippen LogP contribution in [0.2, 0.25) is 0 Å². The summed E-state index contributed by atoms with van der Waals surface area (Å²) < 4.78 is 5.19. The Morgan fingerprint density at radius 2 is 1.88 bits per heavy atom. The standard InChI is InChI=1S/C13H13NO2/c1-9-8-16-10(2)12(9)13(15)14-11-6-4-3-5-7-11/h3-8H,1-2H3,(H,14,15). The summed E-state index contributed by atoms with van der Waals surface area (Å²) in [6.45, 7) is 3.64. The number of anilines is 1. The van der Waals surface area contributed by atoms with E-state index in [9.17, 15) is 4.79 Å². The molecule has 0 spiro atoms. The number of carbonyl (C=O) groups is 1. The van der Waals surface area contributed by atoms with Crippen LogP contribution in [0.4, 0.5) is 5.69 Å². The van der Waals surface area contributed by atoms with Crippen LogP contribution >= 0.6 is 0 Å². The molecule has 0 saturated heterocycles. The van der Waals surface area contributed by atoms with Crippen molar-refractivity contribution in [3.63, 3.8) is 0 Å². The fourth-order valence-electron chi connectivity index (χ4n) is 1.63. The highest BCUT2D eigenvalue weighted by Gasteiger charge is 2.15. The third kappa shape index (κ3) is 1.98. The average Bonchev–Trinajstić information content (AvgIpc) is 2.60. The zero-order valence-corrected chi connectivity index (χ0v) is 9.28. The number of rotatable bonds is 2. The van der Waals surface area contributed by atoms with Gasteiger partial charge in [-0.1, -0.05) is 18.2 Å². The minimum absolute atomic E-state index is 0.130. The van der Waals surface area contributed by atoms with Crippen molar-refractivity contribution in [3.8, 4) is 0 Å². The van der Waals surface area contributed by atoms with Gasteiger partial charge < -0.3 is 9.73 Å². The first-order chi connectivity index (χ1) is 7.68. The SMILES string of the molecule is Cc1coc(C)c1C(=O)Nc1ccccc1. The first-order valence-electron chi connectivity index (χ1n) is 5.09. The summed E-state index contributed by atoms with van der Waals surface area (Å²) in [7, 11) is 0. The van der Waals surface area contributed by atoms with Gasteiger partial charge >= 0.3 is 0 Å². The molecule has 0 unspecified atom stereocenters. The van der Waals surface area contributed by atoms with Gasteiger partial charge in [-0.15, -0.1) is 0 Å². The van der Waals surface area contributed by atoms with Crippen LogP contribution < -0.4 is 5.32 Å². The Morgan fingerprint density at radius 1 is 1.19 bits per heavy atom. The number of aryl methyl sites for hydroxylation is 2. The highest BCUT2D eigenvalue weighted by atomic mass is 16.3. The van der Waals surface area contributed by atoms with Crippen LogP contribution in [0, 0.1) is 13.8 Å². The molecule has 1 amide bonds. The second-order valence-corrected chi connectivity index (χ2v) is 3.67. The maximum Gasteiger partial charge on any atom is 0.259 e. The van der Waals surface area contributed by atoms with Crippen molar-refractivity contribution >= 4 is 11.6 Å². The largest absolute Gasteiger partial charge is 0.469 e. The van der Waals surface area contributed by atoms with Crippen molar-refractivity contribution in [1.29, 1.82) is 0 Å². The van der Waals surface area contributed by atoms with Crippen LogP contribution in [0.15, 0.2) is 41.0 Å². The highest BCUT2D eigenvalue weighted by molar-refractivity contribution is 6.05. The Balaban J connectivity index is 2.22. The van der Waals surface area contributed by atoms with Crippen molar-refractivity contribution < 1.29 is 9.21 Å². The summed E-state index contributed by atoms with van der Waals surface area (Å²) in [4.78, 5) is 11.9. The maximum absolute atomic E-state index is 11.9. The fourth-order valence-corrected chi connectivity index (χ4v) is 1.63. The van der Waals surface area contributed by atoms with Crippen molar-refractivity contribution in [2.45, 2.75) is 13.8 Å². The summed E-state index contributed by atoms with van der Waals surface area (Å²) in [6.07, 6.45) is 1.59. The molecule has 3 nitrogen and oxygen atoms in total. The highest BCUT2D eigenvalue weighted by Crippen LogP contribution is 2.17. The number of benzene rings is 1. The number of para-hydroxylation sites is 1. The molecule has 16 heavy (non-hydrogen) atoms. The summed E-state index contributed by atoms with van der Waals surface area (Å²) in [5.41, 5.74) is 2.25. The summed E-state index contributed by atoms with van der Waals surface area (Å²) in [6, 6.07) is 9.37. The third-order valence-electron chi connectivity index (χ3n) is 2.42. The quantitative estimate of drug-likeness (QED) is 0.836.